The van der Waals surface area contributed by atoms with Gasteiger partial charge in [-0.2, -0.15) is 0 Å². The number of rotatable bonds is 5. The smallest absolute Gasteiger partial charge is 0.262 e. The minimum atomic E-state index is -0.240. The molecule has 0 atom stereocenters. The molecule has 0 unspecified atom stereocenters. The van der Waals surface area contributed by atoms with E-state index in [1.807, 2.05) is 6.07 Å². The van der Waals surface area contributed by atoms with Crippen molar-refractivity contribution in [1.82, 2.24) is 0 Å². The largest absolute Gasteiger partial charge is 0.483 e. The maximum atomic E-state index is 12.3. The lowest BCUT2D eigenvalue weighted by Crippen LogP contribution is -2.22. The zero-order valence-corrected chi connectivity index (χ0v) is 18.0. The van der Waals surface area contributed by atoms with Crippen LogP contribution in [-0.2, 0) is 15.6 Å². The van der Waals surface area contributed by atoms with Crippen LogP contribution >= 0.6 is 0 Å². The quantitative estimate of drug-likeness (QED) is 0.696. The molecular formula is C24H31NO3. The Kier molecular flexibility index (Phi) is 6.33. The molecule has 0 aromatic heterocycles. The zero-order valence-electron chi connectivity index (χ0n) is 18.0. The number of benzene rings is 2. The molecule has 1 amide bonds. The van der Waals surface area contributed by atoms with Crippen molar-refractivity contribution in [2.45, 2.75) is 59.3 Å². The third-order valence-corrected chi connectivity index (χ3v) is 4.59. The molecular weight excluding hydrogens is 350 g/mol. The van der Waals surface area contributed by atoms with Crippen LogP contribution in [0.2, 0.25) is 0 Å². The number of hydrogen-bond donors (Lipinski definition) is 1. The van der Waals surface area contributed by atoms with Gasteiger partial charge >= 0.3 is 0 Å². The van der Waals surface area contributed by atoms with Gasteiger partial charge in [-0.1, -0.05) is 53.7 Å². The third kappa shape index (κ3) is 5.69. The van der Waals surface area contributed by atoms with E-state index in [9.17, 15) is 9.59 Å². The molecule has 0 saturated carbocycles. The first-order valence-electron chi connectivity index (χ1n) is 9.56. The summed E-state index contributed by atoms with van der Waals surface area (Å²) in [7, 11) is 0. The monoisotopic (exact) mass is 381 g/mol. The number of hydrogen-bond acceptors (Lipinski definition) is 3. The van der Waals surface area contributed by atoms with E-state index in [1.165, 1.54) is 12.5 Å². The van der Waals surface area contributed by atoms with Crippen molar-refractivity contribution in [3.05, 3.63) is 59.2 Å². The minimum Gasteiger partial charge on any atom is -0.483 e. The van der Waals surface area contributed by atoms with Crippen LogP contribution in [0.15, 0.2) is 42.5 Å². The molecule has 0 radical (unpaired) electrons. The molecule has 0 aliphatic heterocycles. The molecule has 1 N–H and O–H groups in total. The van der Waals surface area contributed by atoms with Crippen LogP contribution in [0.25, 0.3) is 0 Å². The summed E-state index contributed by atoms with van der Waals surface area (Å²) in [5, 5.41) is 2.80. The SMILES string of the molecule is CC(=O)c1ccc(NC(=O)COc2ccc(C(C)(C)C)cc2C(C)(C)C)cc1. The second-order valence-corrected chi connectivity index (χ2v) is 9.18. The normalized spacial score (nSPS) is 11.8. The fourth-order valence-electron chi connectivity index (χ4n) is 2.84. The number of carbonyl (C=O) groups is 2. The van der Waals surface area contributed by atoms with Crippen LogP contribution < -0.4 is 10.1 Å². The molecule has 2 aromatic carbocycles. The van der Waals surface area contributed by atoms with Crippen LogP contribution in [0, 0.1) is 0 Å². The van der Waals surface area contributed by atoms with Crippen molar-refractivity contribution in [2.24, 2.45) is 0 Å². The van der Waals surface area contributed by atoms with Gasteiger partial charge < -0.3 is 10.1 Å². The second kappa shape index (κ2) is 8.17. The standard InChI is InChI=1S/C24H31NO3/c1-16(26)17-8-11-19(12-9-17)25-22(27)15-28-21-13-10-18(23(2,3)4)14-20(21)24(5,6)7/h8-14H,15H2,1-7H3,(H,25,27). The summed E-state index contributed by atoms with van der Waals surface area (Å²) < 4.78 is 5.86. The van der Waals surface area contributed by atoms with Crippen molar-refractivity contribution in [3.63, 3.8) is 0 Å². The van der Waals surface area contributed by atoms with Crippen LogP contribution in [0.5, 0.6) is 5.75 Å². The van der Waals surface area contributed by atoms with E-state index in [0.717, 1.165) is 11.3 Å². The van der Waals surface area contributed by atoms with Gasteiger partial charge in [-0.15, -0.1) is 0 Å². The molecule has 0 bridgehead atoms. The van der Waals surface area contributed by atoms with Crippen LogP contribution in [0.3, 0.4) is 0 Å². The number of ketones is 1. The van der Waals surface area contributed by atoms with E-state index < -0.39 is 0 Å². The first-order chi connectivity index (χ1) is 12.9. The topological polar surface area (TPSA) is 55.4 Å². The van der Waals surface area contributed by atoms with Crippen molar-refractivity contribution in [1.29, 1.82) is 0 Å². The van der Waals surface area contributed by atoms with Crippen LogP contribution in [-0.4, -0.2) is 18.3 Å². The fourth-order valence-corrected chi connectivity index (χ4v) is 2.84. The summed E-state index contributed by atoms with van der Waals surface area (Å²) in [5.41, 5.74) is 3.51. The van der Waals surface area contributed by atoms with Gasteiger partial charge in [-0.3, -0.25) is 9.59 Å². The summed E-state index contributed by atoms with van der Waals surface area (Å²) in [6.07, 6.45) is 0. The Morgan fingerprint density at radius 2 is 1.50 bits per heavy atom. The molecule has 2 rings (SSSR count). The molecule has 4 heteroatoms. The summed E-state index contributed by atoms with van der Waals surface area (Å²) in [6.45, 7) is 14.4. The molecule has 0 fully saturated rings. The average Bonchev–Trinajstić information content (AvgIpc) is 2.58. The summed E-state index contributed by atoms with van der Waals surface area (Å²) in [6, 6.07) is 13.0. The number of ether oxygens (including phenoxy) is 1. The van der Waals surface area contributed by atoms with Gasteiger partial charge in [0, 0.05) is 11.3 Å². The molecule has 0 heterocycles. The maximum absolute atomic E-state index is 12.3. The number of Topliss-reactive ketones (excluding diaryl/α,β-unsaturated/α-hetero) is 1. The fraction of sp³-hybridized carbons (Fsp3) is 0.417. The highest BCUT2D eigenvalue weighted by Crippen LogP contribution is 2.35. The Bertz CT molecular complexity index is 853. The zero-order chi connectivity index (χ0) is 21.1. The highest BCUT2D eigenvalue weighted by atomic mass is 16.5. The van der Waals surface area contributed by atoms with Gasteiger partial charge in [-0.05, 0) is 59.2 Å². The Morgan fingerprint density at radius 3 is 2.00 bits per heavy atom. The van der Waals surface area contributed by atoms with E-state index in [1.54, 1.807) is 24.3 Å². The van der Waals surface area contributed by atoms with Crippen molar-refractivity contribution >= 4 is 17.4 Å². The van der Waals surface area contributed by atoms with Gasteiger partial charge in [0.15, 0.2) is 12.4 Å². The Hall–Kier alpha value is -2.62. The van der Waals surface area contributed by atoms with Crippen molar-refractivity contribution < 1.29 is 14.3 Å². The first kappa shape index (κ1) is 21.7. The highest BCUT2D eigenvalue weighted by Gasteiger charge is 2.23. The number of anilines is 1. The first-order valence-corrected chi connectivity index (χ1v) is 9.56. The Labute approximate surface area is 168 Å². The van der Waals surface area contributed by atoms with E-state index in [4.69, 9.17) is 4.74 Å². The maximum Gasteiger partial charge on any atom is 0.262 e. The number of carbonyl (C=O) groups excluding carboxylic acids is 2. The number of nitrogens with one attached hydrogen (secondary N) is 1. The van der Waals surface area contributed by atoms with Crippen molar-refractivity contribution in [2.75, 3.05) is 11.9 Å². The molecule has 0 saturated heterocycles. The molecule has 150 valence electrons. The molecule has 28 heavy (non-hydrogen) atoms. The van der Waals surface area contributed by atoms with E-state index >= 15 is 0 Å². The highest BCUT2D eigenvalue weighted by molar-refractivity contribution is 5.95. The van der Waals surface area contributed by atoms with E-state index in [0.29, 0.717) is 11.3 Å². The predicted molar refractivity (Wildman–Crippen MR) is 114 cm³/mol. The van der Waals surface area contributed by atoms with Gasteiger partial charge in [-0.25, -0.2) is 0 Å². The van der Waals surface area contributed by atoms with Gasteiger partial charge in [0.2, 0.25) is 0 Å². The minimum absolute atomic E-state index is 0.00498. The van der Waals surface area contributed by atoms with E-state index in [-0.39, 0.29) is 29.1 Å². The summed E-state index contributed by atoms with van der Waals surface area (Å²) in [5.74, 6) is 0.479. The third-order valence-electron chi connectivity index (χ3n) is 4.59. The molecule has 0 aliphatic carbocycles. The predicted octanol–water partition coefficient (Wildman–Crippen LogP) is 5.50. The van der Waals surface area contributed by atoms with Crippen molar-refractivity contribution in [3.8, 4) is 5.75 Å². The average molecular weight is 382 g/mol. The van der Waals surface area contributed by atoms with Gasteiger partial charge in [0.25, 0.3) is 5.91 Å². The van der Waals surface area contributed by atoms with Gasteiger partial charge in [0.1, 0.15) is 5.75 Å². The lowest BCUT2D eigenvalue weighted by Gasteiger charge is -2.27. The van der Waals surface area contributed by atoms with Crippen LogP contribution in [0.1, 0.15) is 70.0 Å². The second-order valence-electron chi connectivity index (χ2n) is 9.18. The summed E-state index contributed by atoms with van der Waals surface area (Å²) >= 11 is 0. The van der Waals surface area contributed by atoms with Crippen LogP contribution in [0.4, 0.5) is 5.69 Å². The number of amides is 1. The lowest BCUT2D eigenvalue weighted by molar-refractivity contribution is -0.118. The molecule has 0 aliphatic rings. The lowest BCUT2D eigenvalue weighted by atomic mass is 9.80. The summed E-state index contributed by atoms with van der Waals surface area (Å²) in [4.78, 5) is 23.6. The molecule has 0 spiro atoms. The molecule has 2 aromatic rings. The van der Waals surface area contributed by atoms with E-state index in [2.05, 4.69) is 59.0 Å². The Balaban J connectivity index is 2.10. The molecule has 4 nitrogen and oxygen atoms in total. The van der Waals surface area contributed by atoms with Gasteiger partial charge in [0.05, 0.1) is 0 Å². The Morgan fingerprint density at radius 1 is 0.893 bits per heavy atom.